The van der Waals surface area contributed by atoms with Crippen molar-refractivity contribution in [1.29, 1.82) is 0 Å². The van der Waals surface area contributed by atoms with Gasteiger partial charge in [0.25, 0.3) is 0 Å². The molecule has 1 atom stereocenters. The molecule has 1 saturated heterocycles. The molecule has 1 aliphatic heterocycles. The fourth-order valence-corrected chi connectivity index (χ4v) is 4.23. The maximum absolute atomic E-state index is 12.8. The van der Waals surface area contributed by atoms with Gasteiger partial charge in [-0.05, 0) is 60.0 Å². The van der Waals surface area contributed by atoms with Gasteiger partial charge < -0.3 is 10.1 Å². The Morgan fingerprint density at radius 3 is 2.48 bits per heavy atom. The molecule has 1 aliphatic rings. The van der Waals surface area contributed by atoms with Crippen LogP contribution >= 0.6 is 0 Å². The van der Waals surface area contributed by atoms with Gasteiger partial charge in [0.1, 0.15) is 5.75 Å². The molecule has 4 rings (SSSR count). The monoisotopic (exact) mass is 388 g/mol. The van der Waals surface area contributed by atoms with Crippen molar-refractivity contribution in [2.24, 2.45) is 0 Å². The first kappa shape index (κ1) is 19.5. The molecule has 29 heavy (non-hydrogen) atoms. The van der Waals surface area contributed by atoms with Crippen LogP contribution in [0.25, 0.3) is 10.8 Å². The minimum absolute atomic E-state index is 0.0686. The van der Waals surface area contributed by atoms with Crippen molar-refractivity contribution in [1.82, 2.24) is 10.2 Å². The Kier molecular flexibility index (Phi) is 6.11. The highest BCUT2D eigenvalue weighted by atomic mass is 16.5. The molecule has 150 valence electrons. The van der Waals surface area contributed by atoms with Crippen LogP contribution in [0.1, 0.15) is 30.0 Å². The summed E-state index contributed by atoms with van der Waals surface area (Å²) in [5.74, 6) is 0.924. The van der Waals surface area contributed by atoms with Crippen molar-refractivity contribution < 1.29 is 9.53 Å². The number of hydrogen-bond acceptors (Lipinski definition) is 3. The molecule has 0 saturated carbocycles. The second-order valence-electron chi connectivity index (χ2n) is 7.65. The lowest BCUT2D eigenvalue weighted by atomic mass is 10.0. The number of nitrogens with zero attached hydrogens (tertiary/aromatic N) is 1. The fraction of sp³-hybridized carbons (Fsp3) is 0.320. The lowest BCUT2D eigenvalue weighted by molar-refractivity contribution is -0.120. The molecule has 0 unspecified atom stereocenters. The number of carbonyl (C=O) groups excluding carboxylic acids is 1. The highest BCUT2D eigenvalue weighted by Crippen LogP contribution is 2.26. The third kappa shape index (κ3) is 4.60. The molecule has 0 aromatic heterocycles. The van der Waals surface area contributed by atoms with E-state index in [1.807, 2.05) is 36.4 Å². The quantitative estimate of drug-likeness (QED) is 0.654. The van der Waals surface area contributed by atoms with Crippen molar-refractivity contribution in [3.05, 3.63) is 77.9 Å². The molecule has 0 bridgehead atoms. The van der Waals surface area contributed by atoms with Gasteiger partial charge in [0, 0.05) is 6.54 Å². The van der Waals surface area contributed by atoms with E-state index in [-0.39, 0.29) is 11.9 Å². The molecule has 1 N–H and O–H groups in total. The molecule has 1 fully saturated rings. The Morgan fingerprint density at radius 1 is 1.00 bits per heavy atom. The first-order valence-electron chi connectivity index (χ1n) is 10.4. The topological polar surface area (TPSA) is 41.6 Å². The SMILES string of the molecule is COc1ccc([C@@H](CNC(=O)Cc2cccc3ccccc23)N2CCCC2)cc1. The standard InChI is InChI=1S/C25H28N2O2/c1-29-22-13-11-20(12-14-22)24(27-15-4-5-16-27)18-26-25(28)17-21-9-6-8-19-7-2-3-10-23(19)21/h2-3,6-14,24H,4-5,15-18H2,1H3,(H,26,28)/t24-/m1/s1. The molecule has 0 aliphatic carbocycles. The van der Waals surface area contributed by atoms with E-state index in [1.54, 1.807) is 7.11 Å². The van der Waals surface area contributed by atoms with E-state index in [0.717, 1.165) is 29.8 Å². The van der Waals surface area contributed by atoms with Crippen molar-refractivity contribution in [2.75, 3.05) is 26.7 Å². The Bertz CT molecular complexity index is 957. The number of rotatable bonds is 7. The van der Waals surface area contributed by atoms with Crippen LogP contribution < -0.4 is 10.1 Å². The minimum atomic E-state index is 0.0686. The van der Waals surface area contributed by atoms with E-state index in [2.05, 4.69) is 40.5 Å². The van der Waals surface area contributed by atoms with Gasteiger partial charge in [-0.25, -0.2) is 0 Å². The summed E-state index contributed by atoms with van der Waals surface area (Å²) in [6.07, 6.45) is 2.84. The summed E-state index contributed by atoms with van der Waals surface area (Å²) in [5.41, 5.74) is 2.29. The zero-order chi connectivity index (χ0) is 20.1. The van der Waals surface area contributed by atoms with Crippen LogP contribution in [-0.2, 0) is 11.2 Å². The van der Waals surface area contributed by atoms with Gasteiger partial charge in [0.05, 0.1) is 19.6 Å². The van der Waals surface area contributed by atoms with Crippen molar-refractivity contribution >= 4 is 16.7 Å². The van der Waals surface area contributed by atoms with Gasteiger partial charge in [-0.2, -0.15) is 0 Å². The zero-order valence-corrected chi connectivity index (χ0v) is 16.9. The van der Waals surface area contributed by atoms with Crippen LogP contribution in [0.15, 0.2) is 66.7 Å². The maximum Gasteiger partial charge on any atom is 0.224 e. The third-order valence-electron chi connectivity index (χ3n) is 5.81. The maximum atomic E-state index is 12.8. The average molecular weight is 389 g/mol. The summed E-state index contributed by atoms with van der Waals surface area (Å²) in [6, 6.07) is 22.8. The molecular formula is C25H28N2O2. The van der Waals surface area contributed by atoms with Gasteiger partial charge >= 0.3 is 0 Å². The molecule has 4 heteroatoms. The Balaban J connectivity index is 1.45. The molecule has 3 aromatic carbocycles. The molecular weight excluding hydrogens is 360 g/mol. The first-order chi connectivity index (χ1) is 14.2. The molecule has 0 spiro atoms. The number of fused-ring (bicyclic) bond motifs is 1. The number of ether oxygens (including phenoxy) is 1. The minimum Gasteiger partial charge on any atom is -0.497 e. The lowest BCUT2D eigenvalue weighted by Gasteiger charge is -2.28. The fourth-order valence-electron chi connectivity index (χ4n) is 4.23. The Labute approximate surface area is 172 Å². The molecule has 0 radical (unpaired) electrons. The van der Waals surface area contributed by atoms with Crippen LogP contribution in [0.2, 0.25) is 0 Å². The molecule has 1 amide bonds. The number of amides is 1. The number of methoxy groups -OCH3 is 1. The normalized spacial score (nSPS) is 15.3. The highest BCUT2D eigenvalue weighted by Gasteiger charge is 2.24. The number of carbonyl (C=O) groups is 1. The summed E-state index contributed by atoms with van der Waals surface area (Å²) in [5, 5.41) is 5.51. The van der Waals surface area contributed by atoms with Crippen LogP contribution in [0.4, 0.5) is 0 Å². The Morgan fingerprint density at radius 2 is 1.72 bits per heavy atom. The van der Waals surface area contributed by atoms with E-state index in [9.17, 15) is 4.79 Å². The number of likely N-dealkylation sites (tertiary alicyclic amines) is 1. The smallest absolute Gasteiger partial charge is 0.224 e. The second kappa shape index (κ2) is 9.10. The summed E-state index contributed by atoms with van der Waals surface area (Å²) in [6.45, 7) is 2.78. The molecule has 3 aromatic rings. The molecule has 1 heterocycles. The average Bonchev–Trinajstić information content (AvgIpc) is 3.29. The lowest BCUT2D eigenvalue weighted by Crippen LogP contribution is -2.37. The number of nitrogens with one attached hydrogen (secondary N) is 1. The van der Waals surface area contributed by atoms with E-state index in [0.29, 0.717) is 13.0 Å². The second-order valence-corrected chi connectivity index (χ2v) is 7.65. The predicted octanol–water partition coefficient (Wildman–Crippen LogP) is 4.34. The first-order valence-corrected chi connectivity index (χ1v) is 10.4. The van der Waals surface area contributed by atoms with Gasteiger partial charge in [0.15, 0.2) is 0 Å². The predicted molar refractivity (Wildman–Crippen MR) is 117 cm³/mol. The zero-order valence-electron chi connectivity index (χ0n) is 16.9. The van der Waals surface area contributed by atoms with Gasteiger partial charge in [-0.3, -0.25) is 9.69 Å². The van der Waals surface area contributed by atoms with E-state index in [4.69, 9.17) is 4.74 Å². The third-order valence-corrected chi connectivity index (χ3v) is 5.81. The van der Waals surface area contributed by atoms with Gasteiger partial charge in [-0.1, -0.05) is 54.6 Å². The van der Waals surface area contributed by atoms with E-state index in [1.165, 1.54) is 23.8 Å². The van der Waals surface area contributed by atoms with Crippen LogP contribution in [0, 0.1) is 0 Å². The molecule has 4 nitrogen and oxygen atoms in total. The summed E-state index contributed by atoms with van der Waals surface area (Å²) >= 11 is 0. The van der Waals surface area contributed by atoms with Crippen molar-refractivity contribution in [3.63, 3.8) is 0 Å². The van der Waals surface area contributed by atoms with Gasteiger partial charge in [-0.15, -0.1) is 0 Å². The largest absolute Gasteiger partial charge is 0.497 e. The highest BCUT2D eigenvalue weighted by molar-refractivity contribution is 5.90. The van der Waals surface area contributed by atoms with Crippen LogP contribution in [0.5, 0.6) is 5.75 Å². The van der Waals surface area contributed by atoms with E-state index >= 15 is 0 Å². The van der Waals surface area contributed by atoms with Crippen molar-refractivity contribution in [2.45, 2.75) is 25.3 Å². The summed E-state index contributed by atoms with van der Waals surface area (Å²) < 4.78 is 5.29. The Hall–Kier alpha value is -2.85. The van der Waals surface area contributed by atoms with Crippen LogP contribution in [-0.4, -0.2) is 37.6 Å². The van der Waals surface area contributed by atoms with Crippen LogP contribution in [0.3, 0.4) is 0 Å². The van der Waals surface area contributed by atoms with Gasteiger partial charge in [0.2, 0.25) is 5.91 Å². The number of hydrogen-bond donors (Lipinski definition) is 1. The summed E-state index contributed by atoms with van der Waals surface area (Å²) in [7, 11) is 1.68. The van der Waals surface area contributed by atoms with Crippen molar-refractivity contribution in [3.8, 4) is 5.75 Å². The van der Waals surface area contributed by atoms with E-state index < -0.39 is 0 Å². The summed E-state index contributed by atoms with van der Waals surface area (Å²) in [4.78, 5) is 15.2. The number of benzene rings is 3.